The van der Waals surface area contributed by atoms with Crippen molar-refractivity contribution < 1.29 is 13.9 Å². The molecule has 1 amide bonds. The zero-order chi connectivity index (χ0) is 24.5. The molecular weight excluding hydrogens is 445 g/mol. The van der Waals surface area contributed by atoms with Gasteiger partial charge in [-0.2, -0.15) is 4.98 Å². The third-order valence-electron chi connectivity index (χ3n) is 5.91. The molecule has 35 heavy (non-hydrogen) atoms. The number of benzene rings is 3. The van der Waals surface area contributed by atoms with Crippen molar-refractivity contribution >= 4 is 17.5 Å². The highest BCUT2D eigenvalue weighted by Gasteiger charge is 2.34. The van der Waals surface area contributed by atoms with Crippen molar-refractivity contribution in [1.29, 1.82) is 0 Å². The Morgan fingerprint density at radius 1 is 1.06 bits per heavy atom. The molecule has 176 valence electrons. The summed E-state index contributed by atoms with van der Waals surface area (Å²) in [5, 5.41) is 10.9. The maximum absolute atomic E-state index is 13.7. The van der Waals surface area contributed by atoms with E-state index in [4.69, 9.17) is 9.84 Å². The molecule has 0 saturated carbocycles. The molecule has 1 aliphatic rings. The highest BCUT2D eigenvalue weighted by Crippen LogP contribution is 2.37. The van der Waals surface area contributed by atoms with Crippen LogP contribution >= 0.6 is 0 Å². The van der Waals surface area contributed by atoms with Crippen LogP contribution in [0.3, 0.4) is 0 Å². The summed E-state index contributed by atoms with van der Waals surface area (Å²) in [6.45, 7) is 3.84. The van der Waals surface area contributed by atoms with Crippen LogP contribution in [0.5, 0.6) is 5.75 Å². The van der Waals surface area contributed by atoms with Crippen molar-refractivity contribution in [2.75, 3.05) is 17.7 Å². The number of fused-ring (bicyclic) bond motifs is 1. The summed E-state index contributed by atoms with van der Waals surface area (Å²) >= 11 is 0. The standard InChI is InChI=1S/C27H24FN5O2/c1-16-7-6-8-19(15-16)24-23(26(34)30-21-9-4-5-10-22(21)35-3)17(2)29-27-31-25(32-33(24)27)18-11-13-20(28)14-12-18/h4-15,24H,1-3H3,(H,30,34)(H,29,31,32). The number of methoxy groups -OCH3 is 1. The summed E-state index contributed by atoms with van der Waals surface area (Å²) in [6.07, 6.45) is 0. The number of anilines is 2. The van der Waals surface area contributed by atoms with Gasteiger partial charge in [-0.15, -0.1) is 5.10 Å². The lowest BCUT2D eigenvalue weighted by atomic mass is 9.94. The van der Waals surface area contributed by atoms with Crippen molar-refractivity contribution in [2.45, 2.75) is 19.9 Å². The molecule has 1 aliphatic heterocycles. The second-order valence-electron chi connectivity index (χ2n) is 8.35. The van der Waals surface area contributed by atoms with Crippen molar-refractivity contribution in [1.82, 2.24) is 14.8 Å². The fourth-order valence-corrected chi connectivity index (χ4v) is 4.25. The quantitative estimate of drug-likeness (QED) is 0.413. The Balaban J connectivity index is 1.60. The third kappa shape index (κ3) is 4.26. The molecule has 8 heteroatoms. The normalized spacial score (nSPS) is 14.8. The molecule has 3 aromatic carbocycles. The zero-order valence-corrected chi connectivity index (χ0v) is 19.5. The molecular formula is C27H24FN5O2. The van der Waals surface area contributed by atoms with Crippen LogP contribution in [0.2, 0.25) is 0 Å². The van der Waals surface area contributed by atoms with E-state index in [2.05, 4.69) is 15.6 Å². The molecule has 1 aromatic heterocycles. The van der Waals surface area contributed by atoms with Crippen LogP contribution in [-0.4, -0.2) is 27.8 Å². The van der Waals surface area contributed by atoms with E-state index in [1.165, 1.54) is 12.1 Å². The summed E-state index contributed by atoms with van der Waals surface area (Å²) in [5.74, 6) is 0.887. The van der Waals surface area contributed by atoms with E-state index in [9.17, 15) is 9.18 Å². The fourth-order valence-electron chi connectivity index (χ4n) is 4.25. The summed E-state index contributed by atoms with van der Waals surface area (Å²) in [6, 6.07) is 20.7. The largest absolute Gasteiger partial charge is 0.495 e. The topological polar surface area (TPSA) is 81.1 Å². The molecule has 0 bridgehead atoms. The molecule has 1 atom stereocenters. The van der Waals surface area contributed by atoms with Gasteiger partial charge in [0.05, 0.1) is 18.4 Å². The summed E-state index contributed by atoms with van der Waals surface area (Å²) in [5.41, 5.74) is 4.37. The average molecular weight is 470 g/mol. The zero-order valence-electron chi connectivity index (χ0n) is 19.5. The first-order valence-corrected chi connectivity index (χ1v) is 11.2. The second-order valence-corrected chi connectivity index (χ2v) is 8.35. The smallest absolute Gasteiger partial charge is 0.255 e. The molecule has 0 radical (unpaired) electrons. The summed E-state index contributed by atoms with van der Waals surface area (Å²) in [4.78, 5) is 18.3. The van der Waals surface area contributed by atoms with Gasteiger partial charge in [0.2, 0.25) is 5.95 Å². The van der Waals surface area contributed by atoms with Crippen molar-refractivity contribution in [3.63, 3.8) is 0 Å². The SMILES string of the molecule is COc1ccccc1NC(=O)C1=C(C)Nc2nc(-c3ccc(F)cc3)nn2C1c1cccc(C)c1. The van der Waals surface area contributed by atoms with Gasteiger partial charge in [0.15, 0.2) is 5.82 Å². The van der Waals surface area contributed by atoms with E-state index in [0.29, 0.717) is 40.0 Å². The minimum atomic E-state index is -0.525. The maximum atomic E-state index is 13.7. The summed E-state index contributed by atoms with van der Waals surface area (Å²) in [7, 11) is 1.56. The number of nitrogens with zero attached hydrogens (tertiary/aromatic N) is 3. The number of para-hydroxylation sites is 2. The van der Waals surface area contributed by atoms with Crippen LogP contribution < -0.4 is 15.4 Å². The lowest BCUT2D eigenvalue weighted by molar-refractivity contribution is -0.113. The Labute approximate surface area is 202 Å². The van der Waals surface area contributed by atoms with E-state index in [0.717, 1.165) is 11.1 Å². The van der Waals surface area contributed by atoms with E-state index in [-0.39, 0.29) is 11.7 Å². The average Bonchev–Trinajstić information content (AvgIpc) is 3.27. The molecule has 0 saturated heterocycles. The number of nitrogens with one attached hydrogen (secondary N) is 2. The number of hydrogen-bond acceptors (Lipinski definition) is 5. The number of carbonyl (C=O) groups is 1. The Kier molecular flexibility index (Phi) is 5.78. The molecule has 0 aliphatic carbocycles. The number of halogens is 1. The van der Waals surface area contributed by atoms with Gasteiger partial charge >= 0.3 is 0 Å². The predicted octanol–water partition coefficient (Wildman–Crippen LogP) is 5.33. The number of rotatable bonds is 5. The predicted molar refractivity (Wildman–Crippen MR) is 133 cm³/mol. The lowest BCUT2D eigenvalue weighted by Gasteiger charge is -2.29. The van der Waals surface area contributed by atoms with Crippen LogP contribution in [0.25, 0.3) is 11.4 Å². The van der Waals surface area contributed by atoms with Gasteiger partial charge in [-0.25, -0.2) is 9.07 Å². The van der Waals surface area contributed by atoms with Gasteiger partial charge in [-0.05, 0) is 55.8 Å². The number of aryl methyl sites for hydroxylation is 1. The van der Waals surface area contributed by atoms with Crippen LogP contribution in [0.1, 0.15) is 24.1 Å². The first kappa shape index (κ1) is 22.3. The minimum absolute atomic E-state index is 0.282. The molecule has 1 unspecified atom stereocenters. The number of aromatic nitrogens is 3. The van der Waals surface area contributed by atoms with Crippen LogP contribution in [0.15, 0.2) is 84.1 Å². The summed E-state index contributed by atoms with van der Waals surface area (Å²) < 4.78 is 20.6. The van der Waals surface area contributed by atoms with Gasteiger partial charge in [-0.1, -0.05) is 42.0 Å². The first-order chi connectivity index (χ1) is 16.9. The molecule has 4 aromatic rings. The molecule has 0 spiro atoms. The van der Waals surface area contributed by atoms with E-state index < -0.39 is 6.04 Å². The fraction of sp³-hybridized carbons (Fsp3) is 0.148. The second kappa shape index (κ2) is 9.06. The lowest BCUT2D eigenvalue weighted by Crippen LogP contribution is -2.31. The molecule has 0 fully saturated rings. The number of allylic oxidation sites excluding steroid dienone is 1. The van der Waals surface area contributed by atoms with Crippen LogP contribution in [0, 0.1) is 12.7 Å². The van der Waals surface area contributed by atoms with E-state index in [1.54, 1.807) is 36.1 Å². The Hall–Kier alpha value is -4.46. The molecule has 2 N–H and O–H groups in total. The first-order valence-electron chi connectivity index (χ1n) is 11.2. The Morgan fingerprint density at radius 2 is 1.83 bits per heavy atom. The number of amides is 1. The molecule has 5 rings (SSSR count). The van der Waals surface area contributed by atoms with Crippen molar-refractivity contribution in [3.05, 3.63) is 101 Å². The van der Waals surface area contributed by atoms with E-state index in [1.807, 2.05) is 50.2 Å². The van der Waals surface area contributed by atoms with Crippen LogP contribution in [-0.2, 0) is 4.79 Å². The van der Waals surface area contributed by atoms with Gasteiger partial charge in [-0.3, -0.25) is 4.79 Å². The van der Waals surface area contributed by atoms with Gasteiger partial charge in [0.1, 0.15) is 17.6 Å². The number of ether oxygens (including phenoxy) is 1. The monoisotopic (exact) mass is 469 g/mol. The molecule has 7 nitrogen and oxygen atoms in total. The van der Waals surface area contributed by atoms with Gasteiger partial charge in [0.25, 0.3) is 5.91 Å². The van der Waals surface area contributed by atoms with E-state index >= 15 is 0 Å². The highest BCUT2D eigenvalue weighted by atomic mass is 19.1. The maximum Gasteiger partial charge on any atom is 0.255 e. The Bertz CT molecular complexity index is 1440. The Morgan fingerprint density at radius 3 is 2.57 bits per heavy atom. The van der Waals surface area contributed by atoms with Crippen molar-refractivity contribution in [2.24, 2.45) is 0 Å². The minimum Gasteiger partial charge on any atom is -0.495 e. The van der Waals surface area contributed by atoms with Crippen molar-refractivity contribution in [3.8, 4) is 17.1 Å². The number of hydrogen-bond donors (Lipinski definition) is 2. The van der Waals surface area contributed by atoms with Gasteiger partial charge < -0.3 is 15.4 Å². The third-order valence-corrected chi connectivity index (χ3v) is 5.91. The van der Waals surface area contributed by atoms with Gasteiger partial charge in [0, 0.05) is 11.3 Å². The molecule has 2 heterocycles. The number of carbonyl (C=O) groups excluding carboxylic acids is 1. The van der Waals surface area contributed by atoms with Crippen LogP contribution in [0.4, 0.5) is 16.0 Å². The highest BCUT2D eigenvalue weighted by molar-refractivity contribution is 6.06.